The molecule has 1 aromatic carbocycles. The smallest absolute Gasteiger partial charge is 0.200 e. The maximum Gasteiger partial charge on any atom is 0.200 e. The van der Waals surface area contributed by atoms with E-state index in [1.54, 1.807) is 6.26 Å². The summed E-state index contributed by atoms with van der Waals surface area (Å²) < 4.78 is 4.93. The van der Waals surface area contributed by atoms with Crippen LogP contribution in [0.25, 0.3) is 0 Å². The molecular weight excluding hydrogens is 164 g/mol. The summed E-state index contributed by atoms with van der Waals surface area (Å²) in [6.45, 7) is 0. The summed E-state index contributed by atoms with van der Waals surface area (Å²) in [6, 6.07) is 10.2. The van der Waals surface area contributed by atoms with Gasteiger partial charge >= 0.3 is 0 Å². The molecule has 2 heteroatoms. The van der Waals surface area contributed by atoms with Crippen LogP contribution < -0.4 is 0 Å². The lowest BCUT2D eigenvalue weighted by Crippen LogP contribution is -2.02. The van der Waals surface area contributed by atoms with E-state index in [1.165, 1.54) is 5.56 Å². The van der Waals surface area contributed by atoms with E-state index in [9.17, 15) is 0 Å². The van der Waals surface area contributed by atoms with Crippen LogP contribution in [0, 0.1) is 0 Å². The monoisotopic (exact) mass is 176 g/mol. The van der Waals surface area contributed by atoms with E-state index in [1.807, 2.05) is 18.2 Å². The van der Waals surface area contributed by atoms with Crippen LogP contribution in [-0.2, 0) is 11.2 Å². The molecule has 2 rings (SSSR count). The SMILES string of the molecule is OC1CC(Cc2ccccc2)=CO1. The molecule has 0 saturated heterocycles. The molecule has 0 radical (unpaired) electrons. The average Bonchev–Trinajstić information content (AvgIpc) is 2.53. The minimum absolute atomic E-state index is 0.626. The van der Waals surface area contributed by atoms with Gasteiger partial charge in [0.15, 0.2) is 6.29 Å². The Labute approximate surface area is 77.5 Å². The average molecular weight is 176 g/mol. The zero-order valence-electron chi connectivity index (χ0n) is 7.31. The lowest BCUT2D eigenvalue weighted by molar-refractivity contribution is -0.0328. The topological polar surface area (TPSA) is 29.5 Å². The Morgan fingerprint density at radius 3 is 2.69 bits per heavy atom. The van der Waals surface area contributed by atoms with Crippen LogP contribution in [0.3, 0.4) is 0 Å². The number of rotatable bonds is 2. The first-order valence-corrected chi connectivity index (χ1v) is 4.40. The normalized spacial score (nSPS) is 21.0. The lowest BCUT2D eigenvalue weighted by atomic mass is 10.0. The Bertz CT molecular complexity index is 303. The molecule has 0 spiro atoms. The van der Waals surface area contributed by atoms with Crippen LogP contribution in [-0.4, -0.2) is 11.4 Å². The van der Waals surface area contributed by atoms with Crippen LogP contribution in [0.5, 0.6) is 0 Å². The van der Waals surface area contributed by atoms with Gasteiger partial charge in [-0.3, -0.25) is 0 Å². The maximum atomic E-state index is 9.10. The molecule has 1 N–H and O–H groups in total. The molecule has 68 valence electrons. The fraction of sp³-hybridized carbons (Fsp3) is 0.273. The van der Waals surface area contributed by atoms with E-state index in [0.29, 0.717) is 6.42 Å². The predicted molar refractivity (Wildman–Crippen MR) is 49.9 cm³/mol. The molecule has 0 fully saturated rings. The minimum atomic E-state index is -0.626. The number of hydrogen-bond donors (Lipinski definition) is 1. The molecule has 0 saturated carbocycles. The highest BCUT2D eigenvalue weighted by molar-refractivity contribution is 5.22. The highest BCUT2D eigenvalue weighted by Gasteiger charge is 2.14. The summed E-state index contributed by atoms with van der Waals surface area (Å²) in [4.78, 5) is 0. The second-order valence-electron chi connectivity index (χ2n) is 3.23. The standard InChI is InChI=1S/C11H12O2/c12-11-7-10(8-13-11)6-9-4-2-1-3-5-9/h1-5,8,11-12H,6-7H2. The zero-order chi connectivity index (χ0) is 9.10. The van der Waals surface area contributed by atoms with E-state index in [-0.39, 0.29) is 0 Å². The molecule has 0 aliphatic carbocycles. The number of hydrogen-bond acceptors (Lipinski definition) is 2. The molecule has 1 heterocycles. The van der Waals surface area contributed by atoms with E-state index in [4.69, 9.17) is 9.84 Å². The van der Waals surface area contributed by atoms with Crippen molar-refractivity contribution >= 4 is 0 Å². The van der Waals surface area contributed by atoms with Crippen molar-refractivity contribution in [3.05, 3.63) is 47.7 Å². The molecule has 0 aromatic heterocycles. The largest absolute Gasteiger partial charge is 0.472 e. The molecule has 1 aliphatic rings. The minimum Gasteiger partial charge on any atom is -0.472 e. The number of aliphatic hydroxyl groups is 1. The fourth-order valence-corrected chi connectivity index (χ4v) is 1.47. The second-order valence-corrected chi connectivity index (χ2v) is 3.23. The third-order valence-corrected chi connectivity index (χ3v) is 2.10. The van der Waals surface area contributed by atoms with Gasteiger partial charge in [0.1, 0.15) is 0 Å². The van der Waals surface area contributed by atoms with Crippen molar-refractivity contribution in [1.82, 2.24) is 0 Å². The van der Waals surface area contributed by atoms with Gasteiger partial charge in [0.25, 0.3) is 0 Å². The van der Waals surface area contributed by atoms with Crippen molar-refractivity contribution in [3.8, 4) is 0 Å². The molecule has 1 unspecified atom stereocenters. The lowest BCUT2D eigenvalue weighted by Gasteiger charge is -2.01. The Kier molecular flexibility index (Phi) is 2.32. The summed E-state index contributed by atoms with van der Waals surface area (Å²) in [5.41, 5.74) is 2.41. The second kappa shape index (κ2) is 3.62. The molecule has 1 aromatic rings. The van der Waals surface area contributed by atoms with Crippen LogP contribution in [0.2, 0.25) is 0 Å². The highest BCUT2D eigenvalue weighted by atomic mass is 16.6. The molecule has 13 heavy (non-hydrogen) atoms. The molecule has 0 bridgehead atoms. The first-order valence-electron chi connectivity index (χ1n) is 4.40. The van der Waals surface area contributed by atoms with Crippen molar-refractivity contribution in [2.75, 3.05) is 0 Å². The zero-order valence-corrected chi connectivity index (χ0v) is 7.31. The summed E-state index contributed by atoms with van der Waals surface area (Å²) in [5, 5.41) is 9.10. The molecule has 1 aliphatic heterocycles. The van der Waals surface area contributed by atoms with Crippen LogP contribution in [0.15, 0.2) is 42.2 Å². The predicted octanol–water partition coefficient (Wildman–Crippen LogP) is 1.85. The van der Waals surface area contributed by atoms with Gasteiger partial charge < -0.3 is 9.84 Å². The van der Waals surface area contributed by atoms with Crippen molar-refractivity contribution in [2.24, 2.45) is 0 Å². The third kappa shape index (κ3) is 2.10. The Morgan fingerprint density at radius 1 is 1.31 bits per heavy atom. The van der Waals surface area contributed by atoms with Gasteiger partial charge in [-0.05, 0) is 17.6 Å². The number of ether oxygens (including phenoxy) is 1. The fourth-order valence-electron chi connectivity index (χ4n) is 1.47. The number of aliphatic hydroxyl groups excluding tert-OH is 1. The van der Waals surface area contributed by atoms with Gasteiger partial charge in [-0.1, -0.05) is 30.3 Å². The van der Waals surface area contributed by atoms with E-state index < -0.39 is 6.29 Å². The Hall–Kier alpha value is -1.28. The van der Waals surface area contributed by atoms with Gasteiger partial charge in [-0.15, -0.1) is 0 Å². The molecular formula is C11H12O2. The third-order valence-electron chi connectivity index (χ3n) is 2.10. The van der Waals surface area contributed by atoms with E-state index in [0.717, 1.165) is 12.0 Å². The van der Waals surface area contributed by atoms with Crippen molar-refractivity contribution in [3.63, 3.8) is 0 Å². The van der Waals surface area contributed by atoms with Crippen LogP contribution in [0.1, 0.15) is 12.0 Å². The summed E-state index contributed by atoms with van der Waals surface area (Å²) in [5.74, 6) is 0. The van der Waals surface area contributed by atoms with E-state index >= 15 is 0 Å². The van der Waals surface area contributed by atoms with Crippen molar-refractivity contribution in [1.29, 1.82) is 0 Å². The summed E-state index contributed by atoms with van der Waals surface area (Å²) in [6.07, 6.45) is 2.54. The summed E-state index contributed by atoms with van der Waals surface area (Å²) in [7, 11) is 0. The van der Waals surface area contributed by atoms with Gasteiger partial charge in [0.05, 0.1) is 6.26 Å². The summed E-state index contributed by atoms with van der Waals surface area (Å²) >= 11 is 0. The van der Waals surface area contributed by atoms with Gasteiger partial charge in [-0.2, -0.15) is 0 Å². The van der Waals surface area contributed by atoms with Crippen molar-refractivity contribution < 1.29 is 9.84 Å². The molecule has 2 nitrogen and oxygen atoms in total. The highest BCUT2D eigenvalue weighted by Crippen LogP contribution is 2.19. The molecule has 1 atom stereocenters. The van der Waals surface area contributed by atoms with Crippen molar-refractivity contribution in [2.45, 2.75) is 19.1 Å². The van der Waals surface area contributed by atoms with Gasteiger partial charge in [0, 0.05) is 6.42 Å². The quantitative estimate of drug-likeness (QED) is 0.745. The first kappa shape index (κ1) is 8.32. The number of benzene rings is 1. The van der Waals surface area contributed by atoms with E-state index in [2.05, 4.69) is 12.1 Å². The first-order chi connectivity index (χ1) is 6.34. The van der Waals surface area contributed by atoms with Crippen LogP contribution >= 0.6 is 0 Å². The van der Waals surface area contributed by atoms with Gasteiger partial charge in [-0.25, -0.2) is 0 Å². The Morgan fingerprint density at radius 2 is 2.08 bits per heavy atom. The van der Waals surface area contributed by atoms with Gasteiger partial charge in [0.2, 0.25) is 0 Å². The maximum absolute atomic E-state index is 9.10. The Balaban J connectivity index is 2.00. The molecule has 0 amide bonds. The van der Waals surface area contributed by atoms with Crippen LogP contribution in [0.4, 0.5) is 0 Å².